The zero-order valence-electron chi connectivity index (χ0n) is 10.8. The Balaban J connectivity index is 2.35. The Morgan fingerprint density at radius 1 is 1.24 bits per heavy atom. The van der Waals surface area contributed by atoms with Crippen molar-refractivity contribution in [3.05, 3.63) is 29.8 Å². The van der Waals surface area contributed by atoms with Crippen molar-refractivity contribution in [3.8, 4) is 5.75 Å². The Morgan fingerprint density at radius 2 is 1.82 bits per heavy atom. The van der Waals surface area contributed by atoms with Crippen LogP contribution in [0.2, 0.25) is 0 Å². The normalized spacial score (nSPS) is 11.2. The van der Waals surface area contributed by atoms with E-state index in [9.17, 15) is 0 Å². The quantitative estimate of drug-likeness (QED) is 0.642. The van der Waals surface area contributed by atoms with E-state index in [1.807, 2.05) is 24.3 Å². The maximum Gasteiger partial charge on any atom is 0.119 e. The molecule has 0 bridgehead atoms. The van der Waals surface area contributed by atoms with E-state index < -0.39 is 0 Å². The first-order chi connectivity index (χ1) is 7.88. The van der Waals surface area contributed by atoms with Crippen molar-refractivity contribution in [2.24, 2.45) is 11.1 Å². The highest BCUT2D eigenvalue weighted by molar-refractivity contribution is 7.80. The molecule has 0 unspecified atom stereocenters. The van der Waals surface area contributed by atoms with Gasteiger partial charge >= 0.3 is 0 Å². The highest BCUT2D eigenvalue weighted by Gasteiger charge is 2.09. The van der Waals surface area contributed by atoms with Gasteiger partial charge < -0.3 is 10.5 Å². The lowest BCUT2D eigenvalue weighted by atomic mass is 9.91. The van der Waals surface area contributed by atoms with Crippen LogP contribution in [0.3, 0.4) is 0 Å². The average Bonchev–Trinajstić information content (AvgIpc) is 2.24. The Hall–Kier alpha value is -1.09. The second-order valence-electron chi connectivity index (χ2n) is 5.40. The van der Waals surface area contributed by atoms with Gasteiger partial charge in [-0.2, -0.15) is 0 Å². The number of benzene rings is 1. The average molecular weight is 251 g/mol. The summed E-state index contributed by atoms with van der Waals surface area (Å²) in [6.07, 6.45) is 2.23. The van der Waals surface area contributed by atoms with Crippen LogP contribution in [-0.2, 0) is 0 Å². The summed E-state index contributed by atoms with van der Waals surface area (Å²) in [4.78, 5) is 0.421. The number of hydrogen-bond acceptors (Lipinski definition) is 2. The molecule has 94 valence electrons. The molecule has 0 amide bonds. The molecular weight excluding hydrogens is 230 g/mol. The van der Waals surface area contributed by atoms with Crippen molar-refractivity contribution in [3.63, 3.8) is 0 Å². The molecule has 0 aliphatic rings. The first-order valence-corrected chi connectivity index (χ1v) is 6.32. The molecule has 0 saturated carbocycles. The van der Waals surface area contributed by atoms with Crippen molar-refractivity contribution in [1.82, 2.24) is 0 Å². The number of ether oxygens (including phenoxy) is 1. The van der Waals surface area contributed by atoms with Gasteiger partial charge in [0.15, 0.2) is 0 Å². The molecule has 0 atom stereocenters. The fourth-order valence-electron chi connectivity index (χ4n) is 1.51. The van der Waals surface area contributed by atoms with Gasteiger partial charge in [-0.25, -0.2) is 0 Å². The molecule has 0 aliphatic carbocycles. The van der Waals surface area contributed by atoms with E-state index in [1.54, 1.807) is 0 Å². The Kier molecular flexibility index (Phi) is 4.94. The second kappa shape index (κ2) is 6.01. The molecule has 0 radical (unpaired) electrons. The van der Waals surface area contributed by atoms with Crippen molar-refractivity contribution < 1.29 is 4.74 Å². The minimum Gasteiger partial charge on any atom is -0.494 e. The topological polar surface area (TPSA) is 35.2 Å². The van der Waals surface area contributed by atoms with Gasteiger partial charge in [0.05, 0.1) is 6.61 Å². The smallest absolute Gasteiger partial charge is 0.119 e. The van der Waals surface area contributed by atoms with Crippen LogP contribution in [0.25, 0.3) is 0 Å². The molecule has 0 heterocycles. The molecule has 0 aliphatic heterocycles. The molecule has 2 N–H and O–H groups in total. The minimum absolute atomic E-state index is 0.374. The molecule has 0 spiro atoms. The van der Waals surface area contributed by atoms with Gasteiger partial charge in [0.2, 0.25) is 0 Å². The monoisotopic (exact) mass is 251 g/mol. The van der Waals surface area contributed by atoms with Gasteiger partial charge in [-0.15, -0.1) is 0 Å². The molecule has 17 heavy (non-hydrogen) atoms. The largest absolute Gasteiger partial charge is 0.494 e. The van der Waals surface area contributed by atoms with Crippen LogP contribution < -0.4 is 10.5 Å². The van der Waals surface area contributed by atoms with Gasteiger partial charge in [0, 0.05) is 5.56 Å². The Labute approximate surface area is 109 Å². The van der Waals surface area contributed by atoms with E-state index in [0.29, 0.717) is 10.4 Å². The molecule has 1 aromatic carbocycles. The first-order valence-electron chi connectivity index (χ1n) is 5.91. The molecule has 1 aromatic rings. The van der Waals surface area contributed by atoms with Gasteiger partial charge in [-0.1, -0.05) is 33.0 Å². The Bertz CT molecular complexity index is 365. The van der Waals surface area contributed by atoms with Crippen LogP contribution in [0, 0.1) is 5.41 Å². The summed E-state index contributed by atoms with van der Waals surface area (Å²) in [5.74, 6) is 0.874. The van der Waals surface area contributed by atoms with Gasteiger partial charge in [0.25, 0.3) is 0 Å². The number of rotatable bonds is 5. The van der Waals surface area contributed by atoms with E-state index in [2.05, 4.69) is 20.8 Å². The van der Waals surface area contributed by atoms with Crippen LogP contribution in [0.15, 0.2) is 24.3 Å². The first kappa shape index (κ1) is 14.0. The lowest BCUT2D eigenvalue weighted by molar-refractivity contribution is 0.269. The Morgan fingerprint density at radius 3 is 2.29 bits per heavy atom. The highest BCUT2D eigenvalue weighted by Crippen LogP contribution is 2.21. The van der Waals surface area contributed by atoms with Crippen molar-refractivity contribution in [1.29, 1.82) is 0 Å². The zero-order chi connectivity index (χ0) is 12.9. The summed E-state index contributed by atoms with van der Waals surface area (Å²) in [5, 5.41) is 0. The summed E-state index contributed by atoms with van der Waals surface area (Å²) in [7, 11) is 0. The molecule has 2 nitrogen and oxygen atoms in total. The predicted octanol–water partition coefficient (Wildman–Crippen LogP) is 3.53. The standard InChI is InChI=1S/C14H21NOS/c1-14(2,3)9-4-10-16-12-7-5-11(6-8-12)13(15)17/h5-8H,4,9-10H2,1-3H3,(H2,15,17). The van der Waals surface area contributed by atoms with Crippen LogP contribution in [0.5, 0.6) is 5.75 Å². The number of nitrogens with two attached hydrogens (primary N) is 1. The molecule has 1 rings (SSSR count). The molecule has 0 saturated heterocycles. The van der Waals surface area contributed by atoms with E-state index in [4.69, 9.17) is 22.7 Å². The van der Waals surface area contributed by atoms with Crippen LogP contribution in [0.1, 0.15) is 39.2 Å². The van der Waals surface area contributed by atoms with Gasteiger partial charge in [-0.05, 0) is 42.5 Å². The summed E-state index contributed by atoms with van der Waals surface area (Å²) in [5.41, 5.74) is 6.77. The third-order valence-electron chi connectivity index (χ3n) is 2.48. The third kappa shape index (κ3) is 5.68. The van der Waals surface area contributed by atoms with Crippen LogP contribution >= 0.6 is 12.2 Å². The maximum absolute atomic E-state index is 5.65. The SMILES string of the molecule is CC(C)(C)CCCOc1ccc(C(N)=S)cc1. The van der Waals surface area contributed by atoms with Gasteiger partial charge in [0.1, 0.15) is 10.7 Å². The lowest BCUT2D eigenvalue weighted by Gasteiger charge is -2.17. The number of hydrogen-bond donors (Lipinski definition) is 1. The molecule has 0 aromatic heterocycles. The fourth-order valence-corrected chi connectivity index (χ4v) is 1.64. The summed E-state index contributed by atoms with van der Waals surface area (Å²) in [6, 6.07) is 7.60. The fraction of sp³-hybridized carbons (Fsp3) is 0.500. The highest BCUT2D eigenvalue weighted by atomic mass is 32.1. The van der Waals surface area contributed by atoms with Crippen molar-refractivity contribution in [2.45, 2.75) is 33.6 Å². The second-order valence-corrected chi connectivity index (χ2v) is 5.84. The van der Waals surface area contributed by atoms with E-state index in [1.165, 1.54) is 0 Å². The number of thiocarbonyl (C=S) groups is 1. The van der Waals surface area contributed by atoms with Gasteiger partial charge in [-0.3, -0.25) is 0 Å². The maximum atomic E-state index is 5.65. The summed E-state index contributed by atoms with van der Waals surface area (Å²) < 4.78 is 5.65. The predicted molar refractivity (Wildman–Crippen MR) is 76.5 cm³/mol. The van der Waals surface area contributed by atoms with Crippen molar-refractivity contribution in [2.75, 3.05) is 6.61 Å². The lowest BCUT2D eigenvalue weighted by Crippen LogP contribution is -2.09. The van der Waals surface area contributed by atoms with E-state index in [0.717, 1.165) is 30.8 Å². The molecule has 3 heteroatoms. The zero-order valence-corrected chi connectivity index (χ0v) is 11.6. The van der Waals surface area contributed by atoms with Crippen LogP contribution in [0.4, 0.5) is 0 Å². The van der Waals surface area contributed by atoms with Crippen LogP contribution in [-0.4, -0.2) is 11.6 Å². The van der Waals surface area contributed by atoms with E-state index in [-0.39, 0.29) is 0 Å². The molecule has 0 fully saturated rings. The summed E-state index contributed by atoms with van der Waals surface area (Å²) >= 11 is 4.89. The van der Waals surface area contributed by atoms with E-state index >= 15 is 0 Å². The molecular formula is C14H21NOS. The minimum atomic E-state index is 0.374. The summed E-state index contributed by atoms with van der Waals surface area (Å²) in [6.45, 7) is 7.47. The third-order valence-corrected chi connectivity index (χ3v) is 2.71. The van der Waals surface area contributed by atoms with Crippen molar-refractivity contribution >= 4 is 17.2 Å².